The number of hydrogen-bond acceptors (Lipinski definition) is 4. The summed E-state index contributed by atoms with van der Waals surface area (Å²) in [5, 5.41) is 16.3. The molecule has 0 atom stereocenters. The third-order valence-electron chi connectivity index (χ3n) is 4.50. The Balaban J connectivity index is 1.75. The van der Waals surface area contributed by atoms with Gasteiger partial charge in [0, 0.05) is 0 Å². The second-order valence-corrected chi connectivity index (χ2v) is 9.64. The number of para-hydroxylation sites is 4. The van der Waals surface area contributed by atoms with Crippen molar-refractivity contribution < 1.29 is 0 Å². The first-order valence-electron chi connectivity index (χ1n) is 7.68. The van der Waals surface area contributed by atoms with Crippen LogP contribution in [0.3, 0.4) is 0 Å². The number of rotatable bonds is 1. The van der Waals surface area contributed by atoms with Crippen molar-refractivity contribution in [2.75, 3.05) is 20.3 Å². The summed E-state index contributed by atoms with van der Waals surface area (Å²) >= 11 is 0. The normalized spacial score (nSPS) is 19.9. The van der Waals surface area contributed by atoms with Gasteiger partial charge in [-0.05, 0) is 0 Å². The number of hydrogen-bond donors (Lipinski definition) is 4. The van der Waals surface area contributed by atoms with Gasteiger partial charge in [0.1, 0.15) is 0 Å². The van der Waals surface area contributed by atoms with Gasteiger partial charge in [0.2, 0.25) is 0 Å². The molecule has 2 aliphatic heterocycles. The molecule has 0 aliphatic carbocycles. The minimum absolute atomic E-state index is 1.11. The van der Waals surface area contributed by atoms with Crippen molar-refractivity contribution in [2.45, 2.75) is 0 Å². The Kier molecular flexibility index (Phi) is 2.33. The Hall–Kier alpha value is -2.71. The molecule has 0 fully saturated rings. The average molecular weight is 320 g/mol. The standard InChI is InChI=1S/C18H17N4P/c1-2-8-14(9-3-1)23(19-15-10-4-5-11-16(15)20-23)21-17-12-6-7-13-18(17)22-23/h1-13,19-22H. The van der Waals surface area contributed by atoms with Crippen molar-refractivity contribution in [1.29, 1.82) is 0 Å². The summed E-state index contributed by atoms with van der Waals surface area (Å²) in [6.07, 6.45) is 0. The summed E-state index contributed by atoms with van der Waals surface area (Å²) in [6, 6.07) is 27.2. The van der Waals surface area contributed by atoms with Crippen molar-refractivity contribution in [3.8, 4) is 0 Å². The second-order valence-electron chi connectivity index (χ2n) is 5.99. The molecular formula is C18H17N4P. The molecule has 0 aromatic heterocycles. The number of fused-ring (bicyclic) bond motifs is 2. The van der Waals surface area contributed by atoms with Crippen LogP contribution in [0.2, 0.25) is 0 Å². The Labute approximate surface area is 135 Å². The monoisotopic (exact) mass is 320 g/mol. The molecule has 4 N–H and O–H groups in total. The van der Waals surface area contributed by atoms with Crippen LogP contribution in [0.4, 0.5) is 22.7 Å². The Morgan fingerprint density at radius 2 is 0.783 bits per heavy atom. The van der Waals surface area contributed by atoms with E-state index in [0.717, 1.165) is 22.7 Å². The van der Waals surface area contributed by atoms with Gasteiger partial charge in [0.05, 0.1) is 0 Å². The van der Waals surface area contributed by atoms with E-state index < -0.39 is 7.21 Å². The third-order valence-corrected chi connectivity index (χ3v) is 8.59. The first kappa shape index (κ1) is 12.8. The van der Waals surface area contributed by atoms with Gasteiger partial charge in [-0.25, -0.2) is 0 Å². The Bertz CT molecular complexity index is 797. The zero-order chi connectivity index (χ0) is 15.4. The molecule has 5 rings (SSSR count). The van der Waals surface area contributed by atoms with Crippen molar-refractivity contribution in [2.24, 2.45) is 0 Å². The fourth-order valence-electron chi connectivity index (χ4n) is 3.47. The molecule has 4 nitrogen and oxygen atoms in total. The topological polar surface area (TPSA) is 48.1 Å². The Morgan fingerprint density at radius 1 is 0.435 bits per heavy atom. The minimum atomic E-state index is -3.00. The van der Waals surface area contributed by atoms with Crippen LogP contribution in [0.15, 0.2) is 78.9 Å². The van der Waals surface area contributed by atoms with E-state index in [4.69, 9.17) is 0 Å². The van der Waals surface area contributed by atoms with Crippen molar-refractivity contribution >= 4 is 35.3 Å². The van der Waals surface area contributed by atoms with E-state index in [1.165, 1.54) is 5.30 Å². The van der Waals surface area contributed by atoms with Crippen LogP contribution in [0.1, 0.15) is 0 Å². The molecule has 0 unspecified atom stereocenters. The van der Waals surface area contributed by atoms with Crippen LogP contribution in [0.25, 0.3) is 0 Å². The molecule has 3 aromatic rings. The first-order valence-corrected chi connectivity index (χ1v) is 9.92. The quantitative estimate of drug-likeness (QED) is 0.495. The molecule has 2 heterocycles. The van der Waals surface area contributed by atoms with Crippen LogP contribution in [0.5, 0.6) is 0 Å². The van der Waals surface area contributed by atoms with Crippen molar-refractivity contribution in [3.05, 3.63) is 78.9 Å². The summed E-state index contributed by atoms with van der Waals surface area (Å²) in [4.78, 5) is 0. The van der Waals surface area contributed by atoms with E-state index in [1.807, 2.05) is 6.07 Å². The second kappa shape index (κ2) is 4.18. The van der Waals surface area contributed by atoms with Gasteiger partial charge in [-0.15, -0.1) is 0 Å². The Morgan fingerprint density at radius 3 is 1.17 bits per heavy atom. The molecule has 0 radical (unpaired) electrons. The average Bonchev–Trinajstić information content (AvgIpc) is 3.11. The molecule has 23 heavy (non-hydrogen) atoms. The molecule has 0 amide bonds. The fraction of sp³-hybridized carbons (Fsp3) is 0. The van der Waals surface area contributed by atoms with E-state index in [2.05, 4.69) is 93.1 Å². The van der Waals surface area contributed by atoms with Gasteiger partial charge in [-0.3, -0.25) is 0 Å². The summed E-state index contributed by atoms with van der Waals surface area (Å²) in [5.74, 6) is 0. The van der Waals surface area contributed by atoms with E-state index in [0.29, 0.717) is 0 Å². The maximum atomic E-state index is 3.78. The van der Waals surface area contributed by atoms with E-state index in [9.17, 15) is 0 Å². The maximum absolute atomic E-state index is 3.78. The van der Waals surface area contributed by atoms with E-state index in [-0.39, 0.29) is 0 Å². The van der Waals surface area contributed by atoms with Gasteiger partial charge in [-0.2, -0.15) is 0 Å². The predicted molar refractivity (Wildman–Crippen MR) is 100 cm³/mol. The first-order chi connectivity index (χ1) is 11.3. The molecular weight excluding hydrogens is 303 g/mol. The molecule has 3 aromatic carbocycles. The van der Waals surface area contributed by atoms with E-state index in [1.54, 1.807) is 0 Å². The van der Waals surface area contributed by atoms with Crippen LogP contribution in [0, 0.1) is 0 Å². The van der Waals surface area contributed by atoms with Crippen LogP contribution in [-0.2, 0) is 0 Å². The van der Waals surface area contributed by atoms with Gasteiger partial charge < -0.3 is 0 Å². The van der Waals surface area contributed by atoms with Crippen molar-refractivity contribution in [1.82, 2.24) is 0 Å². The summed E-state index contributed by atoms with van der Waals surface area (Å²) < 4.78 is 0. The fourth-order valence-corrected chi connectivity index (χ4v) is 7.80. The van der Waals surface area contributed by atoms with Crippen LogP contribution < -0.4 is 25.7 Å². The zero-order valence-electron chi connectivity index (χ0n) is 12.5. The molecule has 0 bridgehead atoms. The third kappa shape index (κ3) is 1.64. The number of anilines is 4. The molecule has 0 saturated carbocycles. The SMILES string of the molecule is c1ccc(P23(Nc4ccccc4N2)Nc2ccccc2N3)cc1. The van der Waals surface area contributed by atoms with E-state index >= 15 is 0 Å². The van der Waals surface area contributed by atoms with Gasteiger partial charge in [0.15, 0.2) is 0 Å². The van der Waals surface area contributed by atoms with Gasteiger partial charge in [-0.1, -0.05) is 0 Å². The molecule has 2 aliphatic rings. The molecule has 5 heteroatoms. The van der Waals surface area contributed by atoms with Crippen LogP contribution >= 0.6 is 7.21 Å². The molecule has 114 valence electrons. The summed E-state index contributed by atoms with van der Waals surface area (Å²) in [6.45, 7) is 0. The number of nitrogens with one attached hydrogen (secondary N) is 4. The summed E-state index contributed by atoms with van der Waals surface area (Å²) in [5.41, 5.74) is 4.45. The zero-order valence-corrected chi connectivity index (χ0v) is 13.3. The summed E-state index contributed by atoms with van der Waals surface area (Å²) in [7, 11) is -3.00. The van der Waals surface area contributed by atoms with Gasteiger partial charge >= 0.3 is 134 Å². The van der Waals surface area contributed by atoms with Crippen LogP contribution in [-0.4, -0.2) is 0 Å². The van der Waals surface area contributed by atoms with Gasteiger partial charge in [0.25, 0.3) is 0 Å². The predicted octanol–water partition coefficient (Wildman–Crippen LogP) is 4.60. The van der Waals surface area contributed by atoms with Crippen molar-refractivity contribution in [3.63, 3.8) is 0 Å². The number of benzene rings is 3. The molecule has 1 spiro atoms. The molecule has 0 saturated heterocycles.